The van der Waals surface area contributed by atoms with Gasteiger partial charge in [0.05, 0.1) is 6.54 Å². The molecule has 23 heavy (non-hydrogen) atoms. The van der Waals surface area contributed by atoms with Crippen molar-refractivity contribution >= 4 is 17.4 Å². The summed E-state index contributed by atoms with van der Waals surface area (Å²) in [5.41, 5.74) is 1.91. The third-order valence-corrected chi connectivity index (χ3v) is 4.10. The van der Waals surface area contributed by atoms with Crippen LogP contribution in [0.25, 0.3) is 0 Å². The van der Waals surface area contributed by atoms with Gasteiger partial charge in [0.1, 0.15) is 12.1 Å². The molecule has 1 aliphatic heterocycles. The molecule has 2 aromatic rings. The lowest BCUT2D eigenvalue weighted by atomic mass is 10.1. The van der Waals surface area contributed by atoms with Gasteiger partial charge >= 0.3 is 0 Å². The van der Waals surface area contributed by atoms with Gasteiger partial charge in [-0.3, -0.25) is 9.69 Å². The first-order valence-corrected chi connectivity index (χ1v) is 7.70. The van der Waals surface area contributed by atoms with E-state index < -0.39 is 0 Å². The van der Waals surface area contributed by atoms with Crippen molar-refractivity contribution in [3.05, 3.63) is 48.4 Å². The van der Waals surface area contributed by atoms with Gasteiger partial charge in [-0.1, -0.05) is 18.2 Å². The van der Waals surface area contributed by atoms with Crippen molar-refractivity contribution in [2.75, 3.05) is 36.9 Å². The standard InChI is InChI=1S/C17H21N5O/c1-13-8-18-12-19-17(13)22-9-15(10-22)21(2)11-16(23)20-14-6-4-3-5-7-14/h3-8,12,15H,9-11H2,1-2H3,(H,20,23). The first-order chi connectivity index (χ1) is 11.1. The molecule has 1 fully saturated rings. The maximum absolute atomic E-state index is 12.1. The van der Waals surface area contributed by atoms with Gasteiger partial charge in [-0.2, -0.15) is 0 Å². The number of carbonyl (C=O) groups excluding carboxylic acids is 1. The second-order valence-electron chi connectivity index (χ2n) is 5.92. The molecule has 120 valence electrons. The van der Waals surface area contributed by atoms with E-state index in [0.29, 0.717) is 12.6 Å². The number of amides is 1. The zero-order chi connectivity index (χ0) is 16.2. The Bertz CT molecular complexity index is 670. The highest BCUT2D eigenvalue weighted by Gasteiger charge is 2.32. The number of hydrogen-bond acceptors (Lipinski definition) is 5. The highest BCUT2D eigenvalue weighted by Crippen LogP contribution is 2.23. The molecule has 1 aromatic heterocycles. The minimum Gasteiger partial charge on any atom is -0.353 e. The highest BCUT2D eigenvalue weighted by molar-refractivity contribution is 5.92. The monoisotopic (exact) mass is 311 g/mol. The van der Waals surface area contributed by atoms with Crippen LogP contribution in [0.2, 0.25) is 0 Å². The first kappa shape index (κ1) is 15.4. The zero-order valence-electron chi connectivity index (χ0n) is 13.4. The summed E-state index contributed by atoms with van der Waals surface area (Å²) in [5.74, 6) is 0.994. The van der Waals surface area contributed by atoms with Gasteiger partial charge in [0, 0.05) is 36.6 Å². The van der Waals surface area contributed by atoms with Crippen molar-refractivity contribution in [1.82, 2.24) is 14.9 Å². The summed E-state index contributed by atoms with van der Waals surface area (Å²) in [5, 5.41) is 2.91. The number of likely N-dealkylation sites (N-methyl/N-ethyl adjacent to an activating group) is 1. The SMILES string of the molecule is Cc1cncnc1N1CC(N(C)CC(=O)Nc2ccccc2)C1. The van der Waals surface area contributed by atoms with E-state index in [0.717, 1.165) is 30.2 Å². The molecule has 0 atom stereocenters. The van der Waals surface area contributed by atoms with Crippen LogP contribution >= 0.6 is 0 Å². The lowest BCUT2D eigenvalue weighted by molar-refractivity contribution is -0.117. The van der Waals surface area contributed by atoms with Gasteiger partial charge in [-0.15, -0.1) is 0 Å². The number of carbonyl (C=O) groups is 1. The van der Waals surface area contributed by atoms with Gasteiger partial charge in [-0.05, 0) is 26.1 Å². The van der Waals surface area contributed by atoms with Crippen molar-refractivity contribution in [2.24, 2.45) is 0 Å². The molecule has 0 radical (unpaired) electrons. The number of aromatic nitrogens is 2. The van der Waals surface area contributed by atoms with Crippen LogP contribution in [0.3, 0.4) is 0 Å². The third-order valence-electron chi connectivity index (χ3n) is 4.10. The summed E-state index contributed by atoms with van der Waals surface area (Å²) in [7, 11) is 1.99. The fourth-order valence-electron chi connectivity index (χ4n) is 2.71. The van der Waals surface area contributed by atoms with Crippen LogP contribution in [-0.2, 0) is 4.79 Å². The second-order valence-corrected chi connectivity index (χ2v) is 5.92. The highest BCUT2D eigenvalue weighted by atomic mass is 16.2. The maximum atomic E-state index is 12.1. The van der Waals surface area contributed by atoms with Crippen molar-refractivity contribution < 1.29 is 4.79 Å². The lowest BCUT2D eigenvalue weighted by Crippen LogP contribution is -2.60. The van der Waals surface area contributed by atoms with E-state index in [9.17, 15) is 4.79 Å². The minimum absolute atomic E-state index is 0.00960. The number of para-hydroxylation sites is 1. The number of rotatable bonds is 5. The van der Waals surface area contributed by atoms with Gasteiger partial charge in [0.15, 0.2) is 0 Å². The molecule has 1 aliphatic rings. The van der Waals surface area contributed by atoms with E-state index in [1.54, 1.807) is 6.33 Å². The van der Waals surface area contributed by atoms with Crippen LogP contribution in [-0.4, -0.2) is 53.5 Å². The molecule has 0 bridgehead atoms. The van der Waals surface area contributed by atoms with E-state index in [-0.39, 0.29) is 5.91 Å². The molecule has 0 saturated carbocycles. The van der Waals surface area contributed by atoms with Crippen LogP contribution in [0, 0.1) is 6.92 Å². The molecule has 6 heteroatoms. The smallest absolute Gasteiger partial charge is 0.238 e. The Kier molecular flexibility index (Phi) is 4.52. The predicted molar refractivity (Wildman–Crippen MR) is 90.5 cm³/mol. The molecular formula is C17H21N5O. The third kappa shape index (κ3) is 3.65. The summed E-state index contributed by atoms with van der Waals surface area (Å²) < 4.78 is 0. The molecule has 1 saturated heterocycles. The van der Waals surface area contributed by atoms with Crippen molar-refractivity contribution in [3.8, 4) is 0 Å². The molecule has 1 amide bonds. The Hall–Kier alpha value is -2.47. The average Bonchev–Trinajstić information content (AvgIpc) is 2.48. The molecule has 1 aromatic carbocycles. The van der Waals surface area contributed by atoms with Crippen LogP contribution < -0.4 is 10.2 Å². The second kappa shape index (κ2) is 6.75. The summed E-state index contributed by atoms with van der Waals surface area (Å²) in [4.78, 5) is 24.7. The van der Waals surface area contributed by atoms with Gasteiger partial charge in [-0.25, -0.2) is 9.97 Å². The van der Waals surface area contributed by atoms with E-state index in [2.05, 4.69) is 25.1 Å². The topological polar surface area (TPSA) is 61.4 Å². The lowest BCUT2D eigenvalue weighted by Gasteiger charge is -2.44. The summed E-state index contributed by atoms with van der Waals surface area (Å²) >= 11 is 0. The molecule has 3 rings (SSSR count). The fourth-order valence-corrected chi connectivity index (χ4v) is 2.71. The largest absolute Gasteiger partial charge is 0.353 e. The maximum Gasteiger partial charge on any atom is 0.238 e. The molecule has 1 N–H and O–H groups in total. The molecule has 6 nitrogen and oxygen atoms in total. The van der Waals surface area contributed by atoms with Gasteiger partial charge in [0.2, 0.25) is 5.91 Å². The predicted octanol–water partition coefficient (Wildman–Crippen LogP) is 1.54. The average molecular weight is 311 g/mol. The van der Waals surface area contributed by atoms with Crippen LogP contribution in [0.5, 0.6) is 0 Å². The Balaban J connectivity index is 1.48. The number of anilines is 2. The Labute approximate surface area is 136 Å². The van der Waals surface area contributed by atoms with E-state index in [1.807, 2.05) is 50.5 Å². The summed E-state index contributed by atoms with van der Waals surface area (Å²) in [6.07, 6.45) is 3.40. The number of benzene rings is 1. The van der Waals surface area contributed by atoms with Gasteiger partial charge < -0.3 is 10.2 Å². The molecule has 0 aliphatic carbocycles. The zero-order valence-corrected chi connectivity index (χ0v) is 13.4. The number of nitrogens with zero attached hydrogens (tertiary/aromatic N) is 4. The van der Waals surface area contributed by atoms with Gasteiger partial charge in [0.25, 0.3) is 0 Å². The molecule has 0 unspecified atom stereocenters. The number of hydrogen-bond donors (Lipinski definition) is 1. The van der Waals surface area contributed by atoms with E-state index in [1.165, 1.54) is 0 Å². The van der Waals surface area contributed by atoms with Crippen molar-refractivity contribution in [3.63, 3.8) is 0 Å². The Morgan fingerprint density at radius 1 is 1.35 bits per heavy atom. The quantitative estimate of drug-likeness (QED) is 0.907. The Morgan fingerprint density at radius 2 is 2.09 bits per heavy atom. The minimum atomic E-state index is 0.00960. The van der Waals surface area contributed by atoms with Crippen molar-refractivity contribution in [2.45, 2.75) is 13.0 Å². The first-order valence-electron chi connectivity index (χ1n) is 7.70. The summed E-state index contributed by atoms with van der Waals surface area (Å²) in [6, 6.07) is 9.90. The number of aryl methyl sites for hydroxylation is 1. The number of nitrogens with one attached hydrogen (secondary N) is 1. The van der Waals surface area contributed by atoms with Crippen LogP contribution in [0.1, 0.15) is 5.56 Å². The van der Waals surface area contributed by atoms with E-state index in [4.69, 9.17) is 0 Å². The summed E-state index contributed by atoms with van der Waals surface area (Å²) in [6.45, 7) is 4.16. The van der Waals surface area contributed by atoms with Crippen LogP contribution in [0.4, 0.5) is 11.5 Å². The fraction of sp³-hybridized carbons (Fsp3) is 0.353. The molecular weight excluding hydrogens is 290 g/mol. The van der Waals surface area contributed by atoms with Crippen molar-refractivity contribution in [1.29, 1.82) is 0 Å². The van der Waals surface area contributed by atoms with Crippen LogP contribution in [0.15, 0.2) is 42.9 Å². The normalized spacial score (nSPS) is 14.7. The van der Waals surface area contributed by atoms with E-state index >= 15 is 0 Å². The Morgan fingerprint density at radius 3 is 2.78 bits per heavy atom. The molecule has 0 spiro atoms. The molecule has 2 heterocycles.